The van der Waals surface area contributed by atoms with E-state index in [0.717, 1.165) is 0 Å². The van der Waals surface area contributed by atoms with Gasteiger partial charge in [0, 0.05) is 13.7 Å². The summed E-state index contributed by atoms with van der Waals surface area (Å²) in [7, 11) is 3.40. The van der Waals surface area contributed by atoms with E-state index in [1.165, 1.54) is 0 Å². The molecule has 0 bridgehead atoms. The number of carbonyl (C=O) groups is 1. The summed E-state index contributed by atoms with van der Waals surface area (Å²) in [4.78, 5) is 11.6. The van der Waals surface area contributed by atoms with E-state index in [2.05, 4.69) is 10.6 Å². The van der Waals surface area contributed by atoms with Crippen molar-refractivity contribution in [3.63, 3.8) is 0 Å². The third kappa shape index (κ3) is 4.07. The fourth-order valence-corrected chi connectivity index (χ4v) is 0.700. The monoisotopic (exact) mass is 202 g/mol. The van der Waals surface area contributed by atoms with Crippen LogP contribution in [0.3, 0.4) is 0 Å². The van der Waals surface area contributed by atoms with Gasteiger partial charge in [-0.15, -0.1) is 0 Å². The van der Waals surface area contributed by atoms with Crippen LogP contribution in [0, 0.1) is 0 Å². The number of hydrogen-bond acceptors (Lipinski definition) is 3. The molecule has 84 valence electrons. The van der Waals surface area contributed by atoms with Crippen LogP contribution in [-0.4, -0.2) is 37.7 Å². The summed E-state index contributed by atoms with van der Waals surface area (Å²) in [6.07, 6.45) is 0. The zero-order valence-electron chi connectivity index (χ0n) is 10.0. The van der Waals surface area contributed by atoms with Crippen LogP contribution in [0.25, 0.3) is 0 Å². The number of rotatable bonds is 5. The van der Waals surface area contributed by atoms with Gasteiger partial charge >= 0.3 is 0 Å². The third-order valence-electron chi connectivity index (χ3n) is 2.42. The Balaban J connectivity index is 4.10. The maximum absolute atomic E-state index is 11.6. The van der Waals surface area contributed by atoms with Gasteiger partial charge in [-0.25, -0.2) is 0 Å². The number of nitrogens with one attached hydrogen (secondary N) is 2. The van der Waals surface area contributed by atoms with Crippen LogP contribution < -0.4 is 10.6 Å². The quantitative estimate of drug-likeness (QED) is 0.683. The maximum atomic E-state index is 11.6. The summed E-state index contributed by atoms with van der Waals surface area (Å²) >= 11 is 0. The molecule has 0 heterocycles. The van der Waals surface area contributed by atoms with Crippen molar-refractivity contribution in [2.75, 3.05) is 20.7 Å². The molecule has 0 unspecified atom stereocenters. The largest absolute Gasteiger partial charge is 0.377 e. The van der Waals surface area contributed by atoms with Crippen LogP contribution in [0.1, 0.15) is 27.7 Å². The van der Waals surface area contributed by atoms with Crippen molar-refractivity contribution in [2.45, 2.75) is 38.8 Å². The molecule has 0 saturated heterocycles. The zero-order valence-corrected chi connectivity index (χ0v) is 10.0. The molecule has 14 heavy (non-hydrogen) atoms. The normalized spacial score (nSPS) is 12.7. The average Bonchev–Trinajstić information content (AvgIpc) is 2.14. The van der Waals surface area contributed by atoms with E-state index in [1.54, 1.807) is 14.2 Å². The Morgan fingerprint density at radius 2 is 1.79 bits per heavy atom. The minimum Gasteiger partial charge on any atom is -0.377 e. The van der Waals surface area contributed by atoms with Gasteiger partial charge < -0.3 is 15.4 Å². The molecule has 0 radical (unpaired) electrons. The summed E-state index contributed by atoms with van der Waals surface area (Å²) in [5.41, 5.74) is -0.858. The topological polar surface area (TPSA) is 50.4 Å². The molecule has 0 spiro atoms. The van der Waals surface area contributed by atoms with Crippen LogP contribution in [0.2, 0.25) is 0 Å². The predicted molar refractivity (Wildman–Crippen MR) is 57.2 cm³/mol. The van der Waals surface area contributed by atoms with E-state index in [0.29, 0.717) is 6.54 Å². The van der Waals surface area contributed by atoms with Crippen LogP contribution in [-0.2, 0) is 9.53 Å². The van der Waals surface area contributed by atoms with Gasteiger partial charge in [0.1, 0.15) is 0 Å². The molecule has 0 aromatic carbocycles. The SMILES string of the molecule is CNC(C)(C)C(=O)NCC(C)(C)OC. The first-order valence-electron chi connectivity index (χ1n) is 4.77. The van der Waals surface area contributed by atoms with Crippen LogP contribution >= 0.6 is 0 Å². The Morgan fingerprint density at radius 1 is 1.29 bits per heavy atom. The summed E-state index contributed by atoms with van der Waals surface area (Å²) in [5.74, 6) is -0.0230. The third-order valence-corrected chi connectivity index (χ3v) is 2.42. The van der Waals surface area contributed by atoms with Crippen molar-refractivity contribution in [1.29, 1.82) is 0 Å². The van der Waals surface area contributed by atoms with E-state index in [1.807, 2.05) is 27.7 Å². The van der Waals surface area contributed by atoms with Gasteiger partial charge in [-0.2, -0.15) is 0 Å². The highest BCUT2D eigenvalue weighted by Crippen LogP contribution is 2.06. The lowest BCUT2D eigenvalue weighted by Crippen LogP contribution is -2.53. The van der Waals surface area contributed by atoms with E-state index in [4.69, 9.17) is 4.74 Å². The minimum atomic E-state index is -0.538. The lowest BCUT2D eigenvalue weighted by Gasteiger charge is -2.27. The van der Waals surface area contributed by atoms with Crippen molar-refractivity contribution in [3.8, 4) is 0 Å². The number of amides is 1. The van der Waals surface area contributed by atoms with Crippen LogP contribution in [0.5, 0.6) is 0 Å². The highest BCUT2D eigenvalue weighted by atomic mass is 16.5. The van der Waals surface area contributed by atoms with E-state index in [-0.39, 0.29) is 11.5 Å². The Bertz CT molecular complexity index is 200. The lowest BCUT2D eigenvalue weighted by atomic mass is 10.0. The molecule has 2 N–H and O–H groups in total. The smallest absolute Gasteiger partial charge is 0.239 e. The summed E-state index contributed by atoms with van der Waals surface area (Å²) in [6.45, 7) is 8.04. The fraction of sp³-hybridized carbons (Fsp3) is 0.900. The van der Waals surface area contributed by atoms with Gasteiger partial charge in [0.2, 0.25) is 5.91 Å². The second-order valence-corrected chi connectivity index (χ2v) is 4.52. The fourth-order valence-electron chi connectivity index (χ4n) is 0.700. The molecular weight excluding hydrogens is 180 g/mol. The van der Waals surface area contributed by atoms with Gasteiger partial charge in [0.05, 0.1) is 11.1 Å². The number of likely N-dealkylation sites (N-methyl/N-ethyl adjacent to an activating group) is 1. The molecule has 0 aliphatic heterocycles. The summed E-state index contributed by atoms with van der Waals surface area (Å²) in [6, 6.07) is 0. The molecule has 0 aliphatic rings. The van der Waals surface area contributed by atoms with Crippen molar-refractivity contribution in [3.05, 3.63) is 0 Å². The Labute approximate surface area is 86.4 Å². The maximum Gasteiger partial charge on any atom is 0.239 e. The molecular formula is C10H22N2O2. The van der Waals surface area contributed by atoms with Crippen molar-refractivity contribution in [2.24, 2.45) is 0 Å². The summed E-state index contributed by atoms with van der Waals surface area (Å²) in [5, 5.41) is 5.78. The molecule has 4 heteroatoms. The van der Waals surface area contributed by atoms with E-state index in [9.17, 15) is 4.79 Å². The van der Waals surface area contributed by atoms with Crippen LogP contribution in [0.4, 0.5) is 0 Å². The van der Waals surface area contributed by atoms with Gasteiger partial charge in [0.25, 0.3) is 0 Å². The molecule has 0 fully saturated rings. The second kappa shape index (κ2) is 4.75. The molecule has 1 amide bonds. The number of methoxy groups -OCH3 is 1. The van der Waals surface area contributed by atoms with Gasteiger partial charge in [-0.3, -0.25) is 4.79 Å². The Kier molecular flexibility index (Phi) is 4.55. The average molecular weight is 202 g/mol. The van der Waals surface area contributed by atoms with Crippen molar-refractivity contribution in [1.82, 2.24) is 10.6 Å². The van der Waals surface area contributed by atoms with Gasteiger partial charge in [0.15, 0.2) is 0 Å². The number of hydrogen-bond donors (Lipinski definition) is 2. The highest BCUT2D eigenvalue weighted by Gasteiger charge is 2.27. The standard InChI is InChI=1S/C10H22N2O2/c1-9(2,14-6)7-12-8(13)10(3,4)11-5/h11H,7H2,1-6H3,(H,12,13). The first-order valence-corrected chi connectivity index (χ1v) is 4.77. The molecule has 0 aromatic rings. The Morgan fingerprint density at radius 3 is 2.14 bits per heavy atom. The van der Waals surface area contributed by atoms with E-state index < -0.39 is 5.54 Å². The van der Waals surface area contributed by atoms with E-state index >= 15 is 0 Å². The zero-order chi connectivity index (χ0) is 11.4. The molecule has 0 atom stereocenters. The lowest BCUT2D eigenvalue weighted by molar-refractivity contribution is -0.127. The van der Waals surface area contributed by atoms with Crippen molar-refractivity contribution < 1.29 is 9.53 Å². The summed E-state index contributed by atoms with van der Waals surface area (Å²) < 4.78 is 5.20. The number of ether oxygens (including phenoxy) is 1. The molecule has 0 aromatic heterocycles. The minimum absolute atomic E-state index is 0.0230. The molecule has 0 saturated carbocycles. The Hall–Kier alpha value is -0.610. The second-order valence-electron chi connectivity index (χ2n) is 4.52. The van der Waals surface area contributed by atoms with Gasteiger partial charge in [-0.1, -0.05) is 0 Å². The first-order chi connectivity index (χ1) is 6.25. The predicted octanol–water partition coefficient (Wildman–Crippen LogP) is 0.526. The van der Waals surface area contributed by atoms with Crippen LogP contribution in [0.15, 0.2) is 0 Å². The first kappa shape index (κ1) is 13.4. The van der Waals surface area contributed by atoms with Crippen molar-refractivity contribution >= 4 is 5.91 Å². The van der Waals surface area contributed by atoms with Gasteiger partial charge in [-0.05, 0) is 34.7 Å². The molecule has 4 nitrogen and oxygen atoms in total. The molecule has 0 rings (SSSR count). The highest BCUT2D eigenvalue weighted by molar-refractivity contribution is 5.85. The molecule has 0 aliphatic carbocycles. The number of carbonyl (C=O) groups excluding carboxylic acids is 1.